The Morgan fingerprint density at radius 2 is 1.54 bits per heavy atom. The highest BCUT2D eigenvalue weighted by Crippen LogP contribution is 2.29. The fourth-order valence-corrected chi connectivity index (χ4v) is 1.81. The lowest BCUT2D eigenvalue weighted by Crippen LogP contribution is -2.40. The predicted octanol–water partition coefficient (Wildman–Crippen LogP) is 0.225. The van der Waals surface area contributed by atoms with Gasteiger partial charge in [0.25, 0.3) is 0 Å². The minimum Gasteiger partial charge on any atom is -0.517 e. The van der Waals surface area contributed by atoms with Crippen molar-refractivity contribution in [1.29, 1.82) is 0 Å². The molecule has 0 aliphatic carbocycles. The number of thiol groups is 2. The molecule has 2 heterocycles. The second-order valence-corrected chi connectivity index (χ2v) is 3.86. The van der Waals surface area contributed by atoms with E-state index in [2.05, 4.69) is 25.3 Å². The van der Waals surface area contributed by atoms with Crippen LogP contribution in [0.2, 0.25) is 0 Å². The van der Waals surface area contributed by atoms with Crippen LogP contribution in [-0.2, 0) is 18.6 Å². The molecule has 0 aromatic carbocycles. The number of hydrogen-bond donors (Lipinski definition) is 2. The van der Waals surface area contributed by atoms with Gasteiger partial charge in [-0.05, 0) is 0 Å². The first-order chi connectivity index (χ1) is 6.28. The van der Waals surface area contributed by atoms with Crippen LogP contribution in [0.25, 0.3) is 0 Å². The number of hydrogen-bond acceptors (Lipinski definition) is 6. The zero-order valence-corrected chi connectivity index (χ0v) is 8.88. The molecule has 7 heteroatoms. The summed E-state index contributed by atoms with van der Waals surface area (Å²) in [5.41, 5.74) is 0. The zero-order chi connectivity index (χ0) is 9.31. The van der Waals surface area contributed by atoms with Crippen LogP contribution in [-0.4, -0.2) is 43.9 Å². The van der Waals surface area contributed by atoms with Gasteiger partial charge in [0.15, 0.2) is 0 Å². The van der Waals surface area contributed by atoms with E-state index in [4.69, 9.17) is 18.6 Å². The fourth-order valence-electron chi connectivity index (χ4n) is 1.43. The van der Waals surface area contributed by atoms with Gasteiger partial charge in [-0.1, -0.05) is 0 Å². The largest absolute Gasteiger partial charge is 1.00 e. The highest BCUT2D eigenvalue weighted by Gasteiger charge is 2.45. The smallest absolute Gasteiger partial charge is 0.517 e. The molecule has 0 N–H and O–H groups in total. The average molecular weight is 224 g/mol. The maximum Gasteiger partial charge on any atom is 1.00 e. The van der Waals surface area contributed by atoms with Crippen LogP contribution >= 0.6 is 25.3 Å². The van der Waals surface area contributed by atoms with Crippen molar-refractivity contribution in [2.75, 3.05) is 24.7 Å². The van der Waals surface area contributed by atoms with E-state index in [1.165, 1.54) is 0 Å². The molecule has 0 aromatic rings. The van der Waals surface area contributed by atoms with Gasteiger partial charge in [0.2, 0.25) is 0 Å². The summed E-state index contributed by atoms with van der Waals surface area (Å²) in [6.07, 6.45) is -0.0519. The molecule has 2 rings (SSSR count). The van der Waals surface area contributed by atoms with Crippen molar-refractivity contribution in [2.24, 2.45) is 0 Å². The first-order valence-electron chi connectivity index (χ1n) is 4.26. The molecule has 76 valence electrons. The van der Waals surface area contributed by atoms with E-state index in [-0.39, 0.29) is 13.6 Å². The summed E-state index contributed by atoms with van der Waals surface area (Å²) in [7, 11) is 0. The van der Waals surface area contributed by atoms with E-state index in [0.29, 0.717) is 24.7 Å². The van der Waals surface area contributed by atoms with Crippen molar-refractivity contribution >= 4 is 32.2 Å². The Balaban J connectivity index is 0.000000980. The van der Waals surface area contributed by atoms with Crippen molar-refractivity contribution in [2.45, 2.75) is 12.2 Å². The van der Waals surface area contributed by atoms with Crippen molar-refractivity contribution in [1.82, 2.24) is 0 Å². The van der Waals surface area contributed by atoms with E-state index in [1.54, 1.807) is 0 Å². The summed E-state index contributed by atoms with van der Waals surface area (Å²) < 4.78 is 21.7. The Labute approximate surface area is 89.6 Å². The van der Waals surface area contributed by atoms with E-state index in [0.717, 1.165) is 0 Å². The predicted molar refractivity (Wildman–Crippen MR) is 56.2 cm³/mol. The van der Waals surface area contributed by atoms with Gasteiger partial charge in [-0.15, -0.1) is 0 Å². The molecule has 2 saturated heterocycles. The van der Waals surface area contributed by atoms with Gasteiger partial charge < -0.3 is 18.6 Å². The normalized spacial score (nSPS) is 44.8. The Morgan fingerprint density at radius 1 is 1.08 bits per heavy atom. The fraction of sp³-hybridized carbons (Fsp3) is 1.00. The second kappa shape index (κ2) is 4.00. The molecule has 2 aliphatic heterocycles. The Morgan fingerprint density at radius 3 is 1.85 bits per heavy atom. The van der Waals surface area contributed by atoms with Gasteiger partial charge in [0, 0.05) is 36.9 Å². The van der Waals surface area contributed by atoms with Crippen molar-refractivity contribution in [3.63, 3.8) is 0 Å². The topological polar surface area (TPSA) is 36.9 Å². The molecule has 2 aliphatic rings. The standard InChI is InChI=1S/C6H12BO4S2/c12-3-5-1-8-7(10-5)9-2-6(4-13)11-7/h5-6,12-13H,1-4H2/q-1/p+1. The van der Waals surface area contributed by atoms with Crippen LogP contribution in [0, 0.1) is 0 Å². The van der Waals surface area contributed by atoms with E-state index in [9.17, 15) is 0 Å². The quantitative estimate of drug-likeness (QED) is 0.520. The maximum atomic E-state index is 5.48. The molecular formula is C6H13BO4S2. The summed E-state index contributed by atoms with van der Waals surface area (Å²) >= 11 is 8.23. The van der Waals surface area contributed by atoms with Gasteiger partial charge in [0.1, 0.15) is 0 Å². The van der Waals surface area contributed by atoms with Crippen LogP contribution in [0.1, 0.15) is 1.43 Å². The second-order valence-electron chi connectivity index (χ2n) is 3.13. The van der Waals surface area contributed by atoms with Crippen LogP contribution in [0.15, 0.2) is 0 Å². The van der Waals surface area contributed by atoms with Crippen LogP contribution in [0.4, 0.5) is 0 Å². The van der Waals surface area contributed by atoms with Crippen LogP contribution < -0.4 is 0 Å². The van der Waals surface area contributed by atoms with Gasteiger partial charge >= 0.3 is 8.38 Å². The molecule has 0 aromatic heterocycles. The molecule has 2 atom stereocenters. The highest BCUT2D eigenvalue weighted by atomic mass is 32.1. The molecule has 0 radical (unpaired) electrons. The molecular weight excluding hydrogens is 211 g/mol. The van der Waals surface area contributed by atoms with Crippen LogP contribution in [0.3, 0.4) is 0 Å². The minimum absolute atomic E-state index is 0. The molecule has 0 bridgehead atoms. The van der Waals surface area contributed by atoms with Crippen LogP contribution in [0.5, 0.6) is 0 Å². The minimum atomic E-state index is -1.93. The summed E-state index contributed by atoms with van der Waals surface area (Å²) in [5.74, 6) is 1.23. The third-order valence-corrected chi connectivity index (χ3v) is 2.91. The third-order valence-electron chi connectivity index (χ3n) is 2.10. The van der Waals surface area contributed by atoms with Crippen molar-refractivity contribution in [3.8, 4) is 0 Å². The highest BCUT2D eigenvalue weighted by molar-refractivity contribution is 7.80. The lowest BCUT2D eigenvalue weighted by atomic mass is 10.1. The van der Waals surface area contributed by atoms with E-state index >= 15 is 0 Å². The molecule has 4 nitrogen and oxygen atoms in total. The SMILES string of the molecule is SCC1CO[B-]2(OCC(CS)O2)O1.[H+]. The van der Waals surface area contributed by atoms with Gasteiger partial charge in [-0.3, -0.25) is 0 Å². The maximum absolute atomic E-state index is 5.48. The molecule has 0 amide bonds. The molecule has 1 spiro atoms. The van der Waals surface area contributed by atoms with Crippen molar-refractivity contribution in [3.05, 3.63) is 0 Å². The molecule has 13 heavy (non-hydrogen) atoms. The molecule has 2 fully saturated rings. The number of rotatable bonds is 2. The summed E-state index contributed by atoms with van der Waals surface area (Å²) in [6, 6.07) is 0. The van der Waals surface area contributed by atoms with Gasteiger partial charge in [-0.2, -0.15) is 25.3 Å². The lowest BCUT2D eigenvalue weighted by Gasteiger charge is -2.28. The zero-order valence-electron chi connectivity index (χ0n) is 8.09. The molecule has 2 unspecified atom stereocenters. The van der Waals surface area contributed by atoms with Gasteiger partial charge in [-0.25, -0.2) is 0 Å². The Kier molecular flexibility index (Phi) is 3.12. The van der Waals surface area contributed by atoms with Crippen molar-refractivity contribution < 1.29 is 20.0 Å². The average Bonchev–Trinajstić information content (AvgIpc) is 2.74. The van der Waals surface area contributed by atoms with E-state index in [1.807, 2.05) is 0 Å². The Bertz CT molecular complexity index is 179. The summed E-state index contributed by atoms with van der Waals surface area (Å²) in [4.78, 5) is 0. The monoisotopic (exact) mass is 224 g/mol. The first kappa shape index (κ1) is 10.1. The lowest BCUT2D eigenvalue weighted by molar-refractivity contribution is 0.0846. The first-order valence-corrected chi connectivity index (χ1v) is 5.52. The Hall–Kier alpha value is 0.605. The summed E-state index contributed by atoms with van der Waals surface area (Å²) in [5, 5.41) is 0. The molecule has 0 saturated carbocycles. The van der Waals surface area contributed by atoms with E-state index < -0.39 is 6.96 Å². The third kappa shape index (κ3) is 2.00. The van der Waals surface area contributed by atoms with Gasteiger partial charge in [0.05, 0.1) is 0 Å². The summed E-state index contributed by atoms with van der Waals surface area (Å²) in [6.45, 7) is -0.948.